The molecular formula is C13H10Cl2F3N3O3. The first-order valence-corrected chi connectivity index (χ1v) is 7.14. The Morgan fingerprint density at radius 2 is 1.92 bits per heavy atom. The van der Waals surface area contributed by atoms with Gasteiger partial charge in [0.1, 0.15) is 5.69 Å². The number of aromatic nitrogens is 2. The first-order valence-electron chi connectivity index (χ1n) is 6.39. The Labute approximate surface area is 143 Å². The van der Waals surface area contributed by atoms with E-state index in [4.69, 9.17) is 33.7 Å². The van der Waals surface area contributed by atoms with E-state index < -0.39 is 45.0 Å². The molecule has 6 nitrogen and oxygen atoms in total. The summed E-state index contributed by atoms with van der Waals surface area (Å²) in [5, 5.41) is 12.9. The highest BCUT2D eigenvalue weighted by Gasteiger charge is 2.33. The van der Waals surface area contributed by atoms with Crippen LogP contribution in [0.1, 0.15) is 22.8 Å². The van der Waals surface area contributed by atoms with E-state index in [9.17, 15) is 23.1 Å². The number of nitrogens with zero attached hydrogens (tertiary/aromatic N) is 2. The van der Waals surface area contributed by atoms with E-state index in [1.807, 2.05) is 0 Å². The fraction of sp³-hybridized carbons (Fsp3) is 0.231. The Morgan fingerprint density at radius 3 is 2.38 bits per heavy atom. The number of carbonyl (C=O) groups excluding carboxylic acids is 1. The molecule has 0 atom stereocenters. The van der Waals surface area contributed by atoms with Crippen molar-refractivity contribution in [3.8, 4) is 11.6 Å². The van der Waals surface area contributed by atoms with E-state index in [2.05, 4.69) is 5.10 Å². The predicted octanol–water partition coefficient (Wildman–Crippen LogP) is 3.66. The van der Waals surface area contributed by atoms with Crippen molar-refractivity contribution in [2.75, 3.05) is 12.3 Å². The monoisotopic (exact) mass is 383 g/mol. The van der Waals surface area contributed by atoms with Crippen LogP contribution in [0.4, 0.5) is 19.0 Å². The lowest BCUT2D eigenvalue weighted by molar-refractivity contribution is -0.137. The van der Waals surface area contributed by atoms with E-state index in [1.165, 1.54) is 0 Å². The van der Waals surface area contributed by atoms with E-state index in [0.29, 0.717) is 16.8 Å². The van der Waals surface area contributed by atoms with Crippen molar-refractivity contribution in [1.29, 1.82) is 0 Å². The van der Waals surface area contributed by atoms with Gasteiger partial charge in [-0.15, -0.1) is 5.10 Å². The first-order chi connectivity index (χ1) is 11.1. The maximum atomic E-state index is 12.7. The summed E-state index contributed by atoms with van der Waals surface area (Å²) in [5.74, 6) is -2.09. The zero-order valence-electron chi connectivity index (χ0n) is 12.0. The number of nitrogen functional groups attached to an aromatic ring is 1. The molecular weight excluding hydrogens is 374 g/mol. The molecule has 0 aliphatic rings. The molecule has 0 saturated heterocycles. The highest BCUT2D eigenvalue weighted by molar-refractivity contribution is 6.38. The number of hydrogen-bond donors (Lipinski definition) is 2. The second-order valence-electron chi connectivity index (χ2n) is 4.50. The van der Waals surface area contributed by atoms with Crippen LogP contribution in [0, 0.1) is 0 Å². The molecule has 0 aliphatic heterocycles. The summed E-state index contributed by atoms with van der Waals surface area (Å²) in [6, 6.07) is 1.23. The summed E-state index contributed by atoms with van der Waals surface area (Å²) in [6.07, 6.45) is -4.66. The molecule has 0 amide bonds. The third-order valence-electron chi connectivity index (χ3n) is 2.92. The zero-order valence-corrected chi connectivity index (χ0v) is 13.5. The average Bonchev–Trinajstić information content (AvgIpc) is 2.72. The highest BCUT2D eigenvalue weighted by Crippen LogP contribution is 2.39. The Kier molecular flexibility index (Phi) is 4.86. The van der Waals surface area contributed by atoms with Gasteiger partial charge in [-0.05, 0) is 19.1 Å². The highest BCUT2D eigenvalue weighted by atomic mass is 35.5. The molecule has 1 heterocycles. The topological polar surface area (TPSA) is 90.4 Å². The normalized spacial score (nSPS) is 11.6. The number of anilines is 1. The molecule has 0 aliphatic carbocycles. The number of hydrogen-bond acceptors (Lipinski definition) is 5. The molecule has 11 heteroatoms. The fourth-order valence-corrected chi connectivity index (χ4v) is 2.56. The van der Waals surface area contributed by atoms with Gasteiger partial charge in [0.05, 0.1) is 22.2 Å². The maximum absolute atomic E-state index is 12.7. The van der Waals surface area contributed by atoms with Crippen LogP contribution in [-0.4, -0.2) is 27.5 Å². The third kappa shape index (κ3) is 3.22. The van der Waals surface area contributed by atoms with Crippen molar-refractivity contribution >= 4 is 35.0 Å². The lowest BCUT2D eigenvalue weighted by Gasteiger charge is -2.12. The minimum absolute atomic E-state index is 0.0185. The minimum Gasteiger partial charge on any atom is -0.493 e. The molecule has 0 bridgehead atoms. The van der Waals surface area contributed by atoms with E-state index >= 15 is 0 Å². The number of rotatable bonds is 3. The number of alkyl halides is 3. The number of carbonyl (C=O) groups is 1. The van der Waals surface area contributed by atoms with E-state index in [0.717, 1.165) is 0 Å². The van der Waals surface area contributed by atoms with Crippen molar-refractivity contribution in [2.24, 2.45) is 0 Å². The SMILES string of the molecule is CCOC(=O)c1c(N)nn(-c2c(Cl)cc(C(F)(F)F)cc2Cl)c1O. The predicted molar refractivity (Wildman–Crippen MR) is 80.6 cm³/mol. The van der Waals surface area contributed by atoms with Crippen molar-refractivity contribution in [3.63, 3.8) is 0 Å². The summed E-state index contributed by atoms with van der Waals surface area (Å²) < 4.78 is 43.6. The number of benzene rings is 1. The van der Waals surface area contributed by atoms with Crippen LogP contribution < -0.4 is 5.73 Å². The molecule has 3 N–H and O–H groups in total. The first kappa shape index (κ1) is 18.2. The van der Waals surface area contributed by atoms with Gasteiger partial charge < -0.3 is 15.6 Å². The van der Waals surface area contributed by atoms with Gasteiger partial charge in [0.25, 0.3) is 0 Å². The molecule has 1 aromatic heterocycles. The number of nitrogens with two attached hydrogens (primary N) is 1. The number of aromatic hydroxyl groups is 1. The Bertz CT molecular complexity index is 783. The van der Waals surface area contributed by atoms with Crippen LogP contribution in [0.2, 0.25) is 10.0 Å². The molecule has 130 valence electrons. The van der Waals surface area contributed by atoms with Crippen LogP contribution in [0.25, 0.3) is 5.69 Å². The van der Waals surface area contributed by atoms with Crippen LogP contribution in [-0.2, 0) is 10.9 Å². The largest absolute Gasteiger partial charge is 0.493 e. The molecule has 2 rings (SSSR count). The lowest BCUT2D eigenvalue weighted by Crippen LogP contribution is -2.07. The van der Waals surface area contributed by atoms with Gasteiger partial charge in [-0.1, -0.05) is 23.2 Å². The smallest absolute Gasteiger partial charge is 0.416 e. The summed E-state index contributed by atoms with van der Waals surface area (Å²) in [5.41, 5.74) is 3.77. The molecule has 24 heavy (non-hydrogen) atoms. The van der Waals surface area contributed by atoms with Gasteiger partial charge in [-0.2, -0.15) is 17.9 Å². The fourth-order valence-electron chi connectivity index (χ4n) is 1.91. The molecule has 0 fully saturated rings. The Morgan fingerprint density at radius 1 is 1.38 bits per heavy atom. The van der Waals surface area contributed by atoms with Gasteiger partial charge >= 0.3 is 12.1 Å². The van der Waals surface area contributed by atoms with Crippen molar-refractivity contribution < 1.29 is 27.8 Å². The quantitative estimate of drug-likeness (QED) is 0.789. The standard InChI is InChI=1S/C13H10Cl2F3N3O3/c1-2-24-12(23)8-10(19)20-21(11(8)22)9-6(14)3-5(4-7(9)15)13(16,17)18/h3-4,22H,2H2,1H3,(H2,19,20). The second-order valence-corrected chi connectivity index (χ2v) is 5.32. The molecule has 0 unspecified atom stereocenters. The van der Waals surface area contributed by atoms with Crippen LogP contribution in [0.3, 0.4) is 0 Å². The summed E-state index contributed by atoms with van der Waals surface area (Å²) in [6.45, 7) is 1.56. The Hall–Kier alpha value is -2.13. The molecule has 0 saturated carbocycles. The minimum atomic E-state index is -4.66. The van der Waals surface area contributed by atoms with Crippen molar-refractivity contribution in [3.05, 3.63) is 33.3 Å². The molecule has 0 spiro atoms. The average molecular weight is 384 g/mol. The lowest BCUT2D eigenvalue weighted by atomic mass is 10.2. The number of halogens is 5. The maximum Gasteiger partial charge on any atom is 0.416 e. The number of esters is 1. The van der Waals surface area contributed by atoms with Gasteiger partial charge in [0.15, 0.2) is 11.4 Å². The van der Waals surface area contributed by atoms with Gasteiger partial charge in [-0.25, -0.2) is 4.79 Å². The van der Waals surface area contributed by atoms with Crippen LogP contribution in [0.15, 0.2) is 12.1 Å². The Balaban J connectivity index is 2.62. The van der Waals surface area contributed by atoms with E-state index in [1.54, 1.807) is 6.92 Å². The summed E-state index contributed by atoms with van der Waals surface area (Å²) >= 11 is 11.7. The van der Waals surface area contributed by atoms with Gasteiger partial charge in [-0.3, -0.25) is 0 Å². The van der Waals surface area contributed by atoms with Crippen LogP contribution in [0.5, 0.6) is 5.88 Å². The summed E-state index contributed by atoms with van der Waals surface area (Å²) in [4.78, 5) is 11.8. The third-order valence-corrected chi connectivity index (χ3v) is 3.50. The van der Waals surface area contributed by atoms with Crippen LogP contribution >= 0.6 is 23.2 Å². The molecule has 2 aromatic rings. The number of ether oxygens (including phenoxy) is 1. The van der Waals surface area contributed by atoms with Crippen molar-refractivity contribution in [1.82, 2.24) is 9.78 Å². The zero-order chi connectivity index (χ0) is 18.2. The molecule has 0 radical (unpaired) electrons. The van der Waals surface area contributed by atoms with E-state index in [-0.39, 0.29) is 12.3 Å². The van der Waals surface area contributed by atoms with Gasteiger partial charge in [0.2, 0.25) is 5.88 Å². The molecule has 1 aromatic carbocycles. The van der Waals surface area contributed by atoms with Crippen molar-refractivity contribution in [2.45, 2.75) is 13.1 Å². The van der Waals surface area contributed by atoms with Gasteiger partial charge in [0, 0.05) is 0 Å². The summed E-state index contributed by atoms with van der Waals surface area (Å²) in [7, 11) is 0. The second kappa shape index (κ2) is 6.40.